The van der Waals surface area contributed by atoms with Crippen molar-refractivity contribution in [2.24, 2.45) is 0 Å². The molecular weight excluding hydrogens is 351 g/mol. The van der Waals surface area contributed by atoms with Gasteiger partial charge in [0.1, 0.15) is 12.9 Å². The van der Waals surface area contributed by atoms with Gasteiger partial charge in [0.25, 0.3) is 0 Å². The van der Waals surface area contributed by atoms with Crippen molar-refractivity contribution in [1.82, 2.24) is 14.8 Å². The summed E-state index contributed by atoms with van der Waals surface area (Å²) in [5.41, 5.74) is 0.577. The zero-order valence-corrected chi connectivity index (χ0v) is 13.0. The van der Waals surface area contributed by atoms with Crippen molar-refractivity contribution in [3.8, 4) is 6.01 Å². The minimum absolute atomic E-state index is 0.0857. The van der Waals surface area contributed by atoms with Gasteiger partial charge in [-0.15, -0.1) is 15.2 Å². The Hall–Kier alpha value is -1.94. The average Bonchev–Trinajstić information content (AvgIpc) is 3.09. The van der Waals surface area contributed by atoms with Gasteiger partial charge in [-0.25, -0.2) is 9.52 Å². The predicted molar refractivity (Wildman–Crippen MR) is 77.7 cm³/mol. The predicted octanol–water partition coefficient (Wildman–Crippen LogP) is 2.06. The average molecular weight is 361 g/mol. The molecule has 0 aliphatic carbocycles. The normalized spacial score (nSPS) is 16.4. The molecule has 3 rings (SSSR count). The van der Waals surface area contributed by atoms with E-state index in [1.54, 1.807) is 18.2 Å². The highest BCUT2D eigenvalue weighted by atomic mass is 35.5. The van der Waals surface area contributed by atoms with Gasteiger partial charge in [-0.05, 0) is 12.1 Å². The number of halogens is 2. The first-order chi connectivity index (χ1) is 11.0. The van der Waals surface area contributed by atoms with Crippen LogP contribution in [0.5, 0.6) is 6.01 Å². The molecule has 0 saturated carbocycles. The number of nitrogens with zero attached hydrogens (tertiary/aromatic N) is 4. The smallest absolute Gasteiger partial charge is 0.327 e. The lowest BCUT2D eigenvalue weighted by Crippen LogP contribution is -2.33. The van der Waals surface area contributed by atoms with E-state index in [1.807, 2.05) is 0 Å². The molecule has 0 unspecified atom stereocenters. The number of ether oxygens (including phenoxy) is 2. The molecule has 1 aromatic heterocycles. The third kappa shape index (κ3) is 3.37. The summed E-state index contributed by atoms with van der Waals surface area (Å²) in [7, 11) is 0. The van der Waals surface area contributed by atoms with Gasteiger partial charge in [0.05, 0.1) is 18.2 Å². The van der Waals surface area contributed by atoms with Crippen LogP contribution in [-0.4, -0.2) is 33.1 Å². The van der Waals surface area contributed by atoms with Crippen LogP contribution in [0.2, 0.25) is 10.0 Å². The lowest BCUT2D eigenvalue weighted by Gasteiger charge is -2.28. The van der Waals surface area contributed by atoms with Gasteiger partial charge in [-0.2, -0.15) is 4.98 Å². The second-order valence-electron chi connectivity index (χ2n) is 4.61. The third-order valence-corrected chi connectivity index (χ3v) is 3.68. The van der Waals surface area contributed by atoms with E-state index in [2.05, 4.69) is 14.9 Å². The molecule has 1 saturated heterocycles. The molecule has 23 heavy (non-hydrogen) atoms. The number of hydrogen-bond donors (Lipinski definition) is 0. The van der Waals surface area contributed by atoms with Crippen molar-refractivity contribution in [2.45, 2.75) is 12.3 Å². The van der Waals surface area contributed by atoms with E-state index in [0.29, 0.717) is 28.8 Å². The summed E-state index contributed by atoms with van der Waals surface area (Å²) in [4.78, 5) is 18.2. The molecule has 2 aromatic rings. The van der Waals surface area contributed by atoms with E-state index in [-0.39, 0.29) is 12.6 Å². The lowest BCUT2D eigenvalue weighted by atomic mass is 10.1. The standard InChI is InChI=1S/C12H10Cl2N4O5/c13-8-1-2-9(10(14)5-8)12(21-3-4-22-12)6-17-7-15-11(16-17)23-18(19)20/h1-2,5,7H,3-4,6H2. The molecular formula is C12H10Cl2N4O5. The second kappa shape index (κ2) is 6.28. The van der Waals surface area contributed by atoms with E-state index < -0.39 is 10.9 Å². The van der Waals surface area contributed by atoms with Crippen LogP contribution in [0.25, 0.3) is 0 Å². The van der Waals surface area contributed by atoms with Crippen molar-refractivity contribution in [2.75, 3.05) is 13.2 Å². The van der Waals surface area contributed by atoms with Crippen LogP contribution in [0.3, 0.4) is 0 Å². The molecule has 1 aliphatic rings. The third-order valence-electron chi connectivity index (χ3n) is 3.14. The monoisotopic (exact) mass is 360 g/mol. The number of rotatable bonds is 5. The van der Waals surface area contributed by atoms with Gasteiger partial charge in [0.2, 0.25) is 5.79 Å². The molecule has 0 spiro atoms. The molecule has 0 atom stereocenters. The van der Waals surface area contributed by atoms with Gasteiger partial charge in [-0.1, -0.05) is 29.3 Å². The minimum atomic E-state index is -1.18. The van der Waals surface area contributed by atoms with Crippen molar-refractivity contribution in [3.63, 3.8) is 0 Å². The quantitative estimate of drug-likeness (QED) is 0.593. The first kappa shape index (κ1) is 15.9. The Bertz CT molecular complexity index is 732. The molecule has 9 nitrogen and oxygen atoms in total. The Kier molecular flexibility index (Phi) is 4.35. The molecule has 11 heteroatoms. The highest BCUT2D eigenvalue weighted by Gasteiger charge is 2.41. The fourth-order valence-electron chi connectivity index (χ4n) is 2.26. The fraction of sp³-hybridized carbons (Fsp3) is 0.333. The van der Waals surface area contributed by atoms with Crippen LogP contribution in [0.15, 0.2) is 24.5 Å². The van der Waals surface area contributed by atoms with Crippen molar-refractivity contribution in [3.05, 3.63) is 50.2 Å². The summed E-state index contributed by atoms with van der Waals surface area (Å²) in [6.45, 7) is 0.820. The first-order valence-corrected chi connectivity index (χ1v) is 7.19. The van der Waals surface area contributed by atoms with Crippen molar-refractivity contribution < 1.29 is 19.4 Å². The van der Waals surface area contributed by atoms with E-state index in [9.17, 15) is 10.1 Å². The summed E-state index contributed by atoms with van der Waals surface area (Å²) in [5.74, 6) is -1.18. The molecule has 0 bridgehead atoms. The summed E-state index contributed by atoms with van der Waals surface area (Å²) in [6, 6.07) is 4.55. The minimum Gasteiger partial charge on any atom is -0.342 e. The molecule has 1 aliphatic heterocycles. The van der Waals surface area contributed by atoms with Crippen LogP contribution in [0, 0.1) is 10.1 Å². The zero-order valence-electron chi connectivity index (χ0n) is 11.5. The van der Waals surface area contributed by atoms with E-state index in [1.165, 1.54) is 11.0 Å². The summed E-state index contributed by atoms with van der Waals surface area (Å²) < 4.78 is 12.8. The number of benzene rings is 1. The number of aromatic nitrogens is 3. The van der Waals surface area contributed by atoms with Crippen LogP contribution in [-0.2, 0) is 21.8 Å². The zero-order chi connectivity index (χ0) is 16.4. The van der Waals surface area contributed by atoms with Gasteiger partial charge in [0, 0.05) is 10.6 Å². The molecule has 0 radical (unpaired) electrons. The largest absolute Gasteiger partial charge is 0.342 e. The summed E-state index contributed by atoms with van der Waals surface area (Å²) in [6.07, 6.45) is 1.27. The fourth-order valence-corrected chi connectivity index (χ4v) is 2.81. The van der Waals surface area contributed by atoms with Crippen LogP contribution in [0.4, 0.5) is 0 Å². The Morgan fingerprint density at radius 2 is 2.13 bits per heavy atom. The molecule has 1 fully saturated rings. The van der Waals surface area contributed by atoms with E-state index in [0.717, 1.165) is 0 Å². The van der Waals surface area contributed by atoms with Crippen molar-refractivity contribution in [1.29, 1.82) is 0 Å². The highest BCUT2D eigenvalue weighted by Crippen LogP contribution is 2.38. The maximum absolute atomic E-state index is 10.3. The van der Waals surface area contributed by atoms with Crippen molar-refractivity contribution >= 4 is 23.2 Å². The highest BCUT2D eigenvalue weighted by molar-refractivity contribution is 6.35. The maximum atomic E-state index is 10.3. The first-order valence-electron chi connectivity index (χ1n) is 6.44. The molecule has 122 valence electrons. The van der Waals surface area contributed by atoms with Crippen LogP contribution in [0.1, 0.15) is 5.56 Å². The second-order valence-corrected chi connectivity index (χ2v) is 5.46. The van der Waals surface area contributed by atoms with Gasteiger partial charge in [0.15, 0.2) is 0 Å². The Morgan fingerprint density at radius 1 is 1.39 bits per heavy atom. The van der Waals surface area contributed by atoms with E-state index in [4.69, 9.17) is 32.7 Å². The van der Waals surface area contributed by atoms with Crippen LogP contribution < -0.4 is 4.84 Å². The van der Waals surface area contributed by atoms with Gasteiger partial charge in [-0.3, -0.25) is 0 Å². The van der Waals surface area contributed by atoms with Gasteiger partial charge >= 0.3 is 11.1 Å². The SMILES string of the molecule is O=[N+]([O-])Oc1ncn(CC2(c3ccc(Cl)cc3Cl)OCCO2)n1. The van der Waals surface area contributed by atoms with E-state index >= 15 is 0 Å². The maximum Gasteiger partial charge on any atom is 0.327 e. The molecule has 2 heterocycles. The Labute approximate surface area is 139 Å². The summed E-state index contributed by atoms with van der Waals surface area (Å²) in [5, 5.41) is 14.0. The Balaban J connectivity index is 1.89. The molecule has 0 N–H and O–H groups in total. The molecule has 1 aromatic carbocycles. The topological polar surface area (TPSA) is 102 Å². The van der Waals surface area contributed by atoms with Gasteiger partial charge < -0.3 is 9.47 Å². The number of hydrogen-bond acceptors (Lipinski definition) is 7. The lowest BCUT2D eigenvalue weighted by molar-refractivity contribution is -0.713. The Morgan fingerprint density at radius 3 is 2.78 bits per heavy atom. The molecule has 0 amide bonds. The summed E-state index contributed by atoms with van der Waals surface area (Å²) >= 11 is 12.1. The van der Waals surface area contributed by atoms with Crippen LogP contribution >= 0.6 is 23.2 Å².